The minimum atomic E-state index is 1.32. The molecule has 1 nitrogen and oxygen atoms in total. The Kier molecular flexibility index (Phi) is 2.67. The van der Waals surface area contributed by atoms with Crippen LogP contribution in [0.15, 0.2) is 41.9 Å². The molecule has 0 fully saturated rings. The molecule has 3 rings (SSSR count). The molecule has 1 aromatic carbocycles. The van der Waals surface area contributed by atoms with Crippen LogP contribution in [-0.4, -0.2) is 0 Å². The molecule has 0 saturated heterocycles. The van der Waals surface area contributed by atoms with Gasteiger partial charge in [-0.25, -0.2) is 0 Å². The van der Waals surface area contributed by atoms with E-state index < -0.39 is 0 Å². The molecule has 3 aromatic rings. The fourth-order valence-electron chi connectivity index (χ4n) is 2.54. The number of hydrogen-bond acceptors (Lipinski definition) is 1. The van der Waals surface area contributed by atoms with Crippen molar-refractivity contribution in [3.63, 3.8) is 0 Å². The van der Waals surface area contributed by atoms with Crippen molar-refractivity contribution in [3.05, 3.63) is 53.0 Å². The SMILES string of the molecule is Cc1ccccc1-c1c2sccc2c(C)c[n+]1C. The lowest BCUT2D eigenvalue weighted by molar-refractivity contribution is -0.659. The van der Waals surface area contributed by atoms with Crippen molar-refractivity contribution in [2.75, 3.05) is 0 Å². The molecule has 18 heavy (non-hydrogen) atoms. The van der Waals surface area contributed by atoms with E-state index in [0.29, 0.717) is 0 Å². The molecule has 2 heterocycles. The highest BCUT2D eigenvalue weighted by atomic mass is 32.1. The van der Waals surface area contributed by atoms with Gasteiger partial charge in [-0.15, -0.1) is 11.3 Å². The molecule has 2 aromatic heterocycles. The monoisotopic (exact) mass is 254 g/mol. The van der Waals surface area contributed by atoms with Gasteiger partial charge < -0.3 is 0 Å². The highest BCUT2D eigenvalue weighted by Gasteiger charge is 2.19. The number of aromatic nitrogens is 1. The Hall–Kier alpha value is -1.67. The zero-order valence-electron chi connectivity index (χ0n) is 10.9. The Morgan fingerprint density at radius 2 is 1.78 bits per heavy atom. The summed E-state index contributed by atoms with van der Waals surface area (Å²) >= 11 is 1.82. The predicted octanol–water partition coefficient (Wildman–Crippen LogP) is 4.01. The van der Waals surface area contributed by atoms with Crippen molar-refractivity contribution in [3.8, 4) is 11.3 Å². The molecular formula is C16H16NS+. The third-order valence-corrected chi connectivity index (χ3v) is 4.37. The lowest BCUT2D eigenvalue weighted by Crippen LogP contribution is -2.31. The highest BCUT2D eigenvalue weighted by molar-refractivity contribution is 7.17. The third kappa shape index (κ3) is 1.65. The van der Waals surface area contributed by atoms with Crippen molar-refractivity contribution in [1.29, 1.82) is 0 Å². The minimum Gasteiger partial charge on any atom is -0.200 e. The number of thiophene rings is 1. The van der Waals surface area contributed by atoms with Crippen LogP contribution >= 0.6 is 11.3 Å². The van der Waals surface area contributed by atoms with Gasteiger partial charge in [0.2, 0.25) is 5.69 Å². The summed E-state index contributed by atoms with van der Waals surface area (Å²) in [6, 6.07) is 10.8. The predicted molar refractivity (Wildman–Crippen MR) is 77.9 cm³/mol. The number of benzene rings is 1. The molecule has 0 bridgehead atoms. The molecule has 0 unspecified atom stereocenters. The molecule has 0 radical (unpaired) electrons. The first-order valence-corrected chi connectivity index (χ1v) is 6.99. The standard InChI is InChI=1S/C16H16NS/c1-11-6-4-5-7-13(11)15-16-14(8-9-18-16)12(2)10-17(15)3/h4-10H,1-3H3/q+1. The lowest BCUT2D eigenvalue weighted by atomic mass is 10.0. The molecule has 0 N–H and O–H groups in total. The van der Waals surface area contributed by atoms with Gasteiger partial charge in [-0.1, -0.05) is 18.2 Å². The van der Waals surface area contributed by atoms with E-state index in [1.165, 1.54) is 32.5 Å². The Morgan fingerprint density at radius 3 is 2.56 bits per heavy atom. The van der Waals surface area contributed by atoms with Gasteiger partial charge in [0.05, 0.1) is 5.56 Å². The first-order valence-electron chi connectivity index (χ1n) is 6.11. The minimum absolute atomic E-state index is 1.32. The van der Waals surface area contributed by atoms with Crippen molar-refractivity contribution < 1.29 is 4.57 Å². The Balaban J connectivity index is 2.43. The van der Waals surface area contributed by atoms with Gasteiger partial charge in [0.15, 0.2) is 6.20 Å². The molecule has 0 aliphatic heterocycles. The molecule has 0 aliphatic rings. The maximum absolute atomic E-state index is 2.25. The van der Waals surface area contributed by atoms with E-state index in [1.807, 2.05) is 11.3 Å². The number of rotatable bonds is 1. The van der Waals surface area contributed by atoms with E-state index in [9.17, 15) is 0 Å². The van der Waals surface area contributed by atoms with Gasteiger partial charge in [0.1, 0.15) is 11.7 Å². The van der Waals surface area contributed by atoms with E-state index in [4.69, 9.17) is 0 Å². The van der Waals surface area contributed by atoms with Crippen LogP contribution in [0.25, 0.3) is 21.3 Å². The van der Waals surface area contributed by atoms with Crippen molar-refractivity contribution >= 4 is 21.4 Å². The van der Waals surface area contributed by atoms with Gasteiger partial charge >= 0.3 is 0 Å². The third-order valence-electron chi connectivity index (χ3n) is 3.45. The van der Waals surface area contributed by atoms with Crippen molar-refractivity contribution in [2.24, 2.45) is 7.05 Å². The molecule has 2 heteroatoms. The fraction of sp³-hybridized carbons (Fsp3) is 0.188. The van der Waals surface area contributed by atoms with Crippen LogP contribution in [0.1, 0.15) is 11.1 Å². The van der Waals surface area contributed by atoms with Gasteiger partial charge in [-0.05, 0) is 36.9 Å². The number of hydrogen-bond donors (Lipinski definition) is 0. The average molecular weight is 254 g/mol. The quantitative estimate of drug-likeness (QED) is 0.578. The fourth-order valence-corrected chi connectivity index (χ4v) is 3.60. The summed E-state index contributed by atoms with van der Waals surface area (Å²) in [6.07, 6.45) is 2.22. The van der Waals surface area contributed by atoms with Crippen LogP contribution in [0.3, 0.4) is 0 Å². The van der Waals surface area contributed by atoms with E-state index in [0.717, 1.165) is 0 Å². The summed E-state index contributed by atoms with van der Waals surface area (Å²) in [5.74, 6) is 0. The first kappa shape index (κ1) is 11.4. The second-order valence-electron chi connectivity index (χ2n) is 4.75. The second kappa shape index (κ2) is 4.21. The van der Waals surface area contributed by atoms with Crippen LogP contribution in [0, 0.1) is 13.8 Å². The summed E-state index contributed by atoms with van der Waals surface area (Å²) in [5.41, 5.74) is 5.31. The molecule has 0 amide bonds. The van der Waals surface area contributed by atoms with Crippen LogP contribution < -0.4 is 4.57 Å². The van der Waals surface area contributed by atoms with E-state index in [1.54, 1.807) is 0 Å². The maximum atomic E-state index is 2.25. The Morgan fingerprint density at radius 1 is 1.00 bits per heavy atom. The van der Waals surface area contributed by atoms with Gasteiger partial charge in [-0.3, -0.25) is 0 Å². The molecule has 0 aliphatic carbocycles. The first-order chi connectivity index (χ1) is 8.68. The topological polar surface area (TPSA) is 3.88 Å². The van der Waals surface area contributed by atoms with Crippen molar-refractivity contribution in [1.82, 2.24) is 0 Å². The van der Waals surface area contributed by atoms with E-state index in [2.05, 4.69) is 67.4 Å². The zero-order valence-corrected chi connectivity index (χ0v) is 11.7. The molecule has 0 saturated carbocycles. The molecule has 90 valence electrons. The summed E-state index contributed by atoms with van der Waals surface area (Å²) in [7, 11) is 2.13. The summed E-state index contributed by atoms with van der Waals surface area (Å²) in [4.78, 5) is 0. The lowest BCUT2D eigenvalue weighted by Gasteiger charge is -2.06. The Labute approximate surface area is 111 Å². The second-order valence-corrected chi connectivity index (χ2v) is 5.67. The maximum Gasteiger partial charge on any atom is 0.230 e. The van der Waals surface area contributed by atoms with Gasteiger partial charge in [-0.2, -0.15) is 4.57 Å². The van der Waals surface area contributed by atoms with Crippen LogP contribution in [-0.2, 0) is 7.05 Å². The Bertz CT molecular complexity index is 725. The summed E-state index contributed by atoms with van der Waals surface area (Å²) < 4.78 is 3.63. The van der Waals surface area contributed by atoms with E-state index in [-0.39, 0.29) is 0 Å². The van der Waals surface area contributed by atoms with Crippen LogP contribution in [0.4, 0.5) is 0 Å². The highest BCUT2D eigenvalue weighted by Crippen LogP contribution is 2.32. The number of nitrogens with zero attached hydrogens (tertiary/aromatic N) is 1. The number of pyridine rings is 1. The summed E-state index contributed by atoms with van der Waals surface area (Å²) in [6.45, 7) is 4.35. The van der Waals surface area contributed by atoms with Crippen LogP contribution in [0.5, 0.6) is 0 Å². The smallest absolute Gasteiger partial charge is 0.200 e. The van der Waals surface area contributed by atoms with Gasteiger partial charge in [0, 0.05) is 10.9 Å². The number of fused-ring (bicyclic) bond motifs is 1. The van der Waals surface area contributed by atoms with E-state index >= 15 is 0 Å². The number of aryl methyl sites for hydroxylation is 3. The molecule has 0 atom stereocenters. The molecule has 0 spiro atoms. The molecular weight excluding hydrogens is 238 g/mol. The van der Waals surface area contributed by atoms with Crippen LogP contribution in [0.2, 0.25) is 0 Å². The average Bonchev–Trinajstić information content (AvgIpc) is 2.81. The summed E-state index contributed by atoms with van der Waals surface area (Å²) in [5, 5.41) is 3.55. The van der Waals surface area contributed by atoms with Crippen molar-refractivity contribution in [2.45, 2.75) is 13.8 Å². The van der Waals surface area contributed by atoms with Gasteiger partial charge in [0.25, 0.3) is 0 Å². The normalized spacial score (nSPS) is 11.1. The zero-order chi connectivity index (χ0) is 12.7. The largest absolute Gasteiger partial charge is 0.230 e.